The smallest absolute Gasteiger partial charge is 0.177 e. The van der Waals surface area contributed by atoms with Crippen LogP contribution in [-0.2, 0) is 6.42 Å². The molecule has 1 N–H and O–H groups in total. The lowest BCUT2D eigenvalue weighted by atomic mass is 9.89. The summed E-state index contributed by atoms with van der Waals surface area (Å²) in [7, 11) is 3.92. The van der Waals surface area contributed by atoms with Gasteiger partial charge in [0, 0.05) is 24.5 Å². The van der Waals surface area contributed by atoms with Crippen molar-refractivity contribution in [1.29, 1.82) is 0 Å². The van der Waals surface area contributed by atoms with Gasteiger partial charge in [0.05, 0.1) is 18.1 Å². The molecule has 2 aliphatic rings. The molecule has 6 heteroatoms. The third-order valence-corrected chi connectivity index (χ3v) is 6.56. The predicted octanol–water partition coefficient (Wildman–Crippen LogP) is 5.16. The number of piperidine rings is 1. The number of aromatic nitrogens is 2. The molecule has 1 aromatic heterocycles. The van der Waals surface area contributed by atoms with E-state index in [1.807, 2.05) is 30.3 Å². The van der Waals surface area contributed by atoms with Crippen LogP contribution in [-0.4, -0.2) is 48.7 Å². The molecule has 0 spiro atoms. The van der Waals surface area contributed by atoms with Crippen LogP contribution in [0.5, 0.6) is 5.75 Å². The second-order valence-corrected chi connectivity index (χ2v) is 8.91. The van der Waals surface area contributed by atoms with Crippen LogP contribution in [0.2, 0.25) is 0 Å². The second kappa shape index (κ2) is 9.63. The molecule has 0 amide bonds. The molecule has 33 heavy (non-hydrogen) atoms. The van der Waals surface area contributed by atoms with Gasteiger partial charge in [-0.3, -0.25) is 0 Å². The van der Waals surface area contributed by atoms with E-state index in [4.69, 9.17) is 14.7 Å². The molecule has 5 rings (SSSR count). The summed E-state index contributed by atoms with van der Waals surface area (Å²) in [6, 6.07) is 14.3. The molecule has 0 saturated carbocycles. The highest BCUT2D eigenvalue weighted by molar-refractivity contribution is 5.83. The van der Waals surface area contributed by atoms with Crippen LogP contribution in [0, 0.1) is 5.92 Å². The first-order valence-electron chi connectivity index (χ1n) is 11.7. The van der Waals surface area contributed by atoms with E-state index in [9.17, 15) is 0 Å². The number of rotatable bonds is 6. The van der Waals surface area contributed by atoms with Crippen molar-refractivity contribution in [2.24, 2.45) is 5.92 Å². The van der Waals surface area contributed by atoms with Crippen molar-refractivity contribution in [3.63, 3.8) is 0 Å². The highest BCUT2D eigenvalue weighted by Crippen LogP contribution is 2.34. The number of nitrogens with one attached hydrogen (secondary N) is 1. The Labute approximate surface area is 195 Å². The molecule has 0 unspecified atom stereocenters. The third-order valence-electron chi connectivity index (χ3n) is 6.56. The molecule has 2 aliphatic heterocycles. The van der Waals surface area contributed by atoms with Gasteiger partial charge in [0.1, 0.15) is 5.75 Å². The van der Waals surface area contributed by atoms with Crippen molar-refractivity contribution < 1.29 is 4.74 Å². The molecule has 0 bridgehead atoms. The Hall–Kier alpha value is -3.38. The maximum atomic E-state index is 5.55. The van der Waals surface area contributed by atoms with Gasteiger partial charge in [-0.25, -0.2) is 9.97 Å². The van der Waals surface area contributed by atoms with Gasteiger partial charge in [0.15, 0.2) is 11.6 Å². The number of benzene rings is 2. The van der Waals surface area contributed by atoms with Gasteiger partial charge < -0.3 is 19.9 Å². The Morgan fingerprint density at radius 1 is 1.03 bits per heavy atom. The zero-order chi connectivity index (χ0) is 22.6. The lowest BCUT2D eigenvalue weighted by Gasteiger charge is -2.29. The first kappa shape index (κ1) is 21.5. The molecule has 6 nitrogen and oxygen atoms in total. The number of likely N-dealkylation sites (tertiary alicyclic amines) is 1. The minimum atomic E-state index is 0.687. The maximum Gasteiger partial charge on any atom is 0.177 e. The average molecular weight is 442 g/mol. The summed E-state index contributed by atoms with van der Waals surface area (Å²) in [5.74, 6) is 3.10. The number of ether oxygens (including phenoxy) is 1. The SMILES string of the molecule is COc1ccc(CC2CCN(C)CC2)c(Nc2nc3ccccc3nc2N2C=CC=CC2)c1. The number of hydrogen-bond acceptors (Lipinski definition) is 6. The van der Waals surface area contributed by atoms with E-state index in [2.05, 4.69) is 58.7 Å². The fourth-order valence-electron chi connectivity index (χ4n) is 4.58. The van der Waals surface area contributed by atoms with Gasteiger partial charge in [0.2, 0.25) is 0 Å². The number of allylic oxidation sites excluding steroid dienone is 2. The average Bonchev–Trinajstić information content (AvgIpc) is 2.86. The normalized spacial score (nSPS) is 17.0. The van der Waals surface area contributed by atoms with E-state index < -0.39 is 0 Å². The number of nitrogens with zero attached hydrogens (tertiary/aromatic N) is 4. The molecule has 0 aliphatic carbocycles. The Morgan fingerprint density at radius 2 is 1.82 bits per heavy atom. The highest BCUT2D eigenvalue weighted by atomic mass is 16.5. The lowest BCUT2D eigenvalue weighted by molar-refractivity contribution is 0.219. The van der Waals surface area contributed by atoms with E-state index in [-0.39, 0.29) is 0 Å². The minimum Gasteiger partial charge on any atom is -0.497 e. The fourth-order valence-corrected chi connectivity index (χ4v) is 4.58. The van der Waals surface area contributed by atoms with Crippen LogP contribution in [0.25, 0.3) is 11.0 Å². The molecule has 170 valence electrons. The van der Waals surface area contributed by atoms with Crippen LogP contribution in [0.3, 0.4) is 0 Å². The van der Waals surface area contributed by atoms with Gasteiger partial charge in [-0.1, -0.05) is 30.4 Å². The van der Waals surface area contributed by atoms with Gasteiger partial charge in [-0.15, -0.1) is 0 Å². The van der Waals surface area contributed by atoms with Gasteiger partial charge in [-0.05, 0) is 75.2 Å². The zero-order valence-electron chi connectivity index (χ0n) is 19.4. The van der Waals surface area contributed by atoms with Gasteiger partial charge >= 0.3 is 0 Å². The van der Waals surface area contributed by atoms with Gasteiger partial charge in [-0.2, -0.15) is 0 Å². The summed E-state index contributed by atoms with van der Waals surface area (Å²) < 4.78 is 5.55. The summed E-state index contributed by atoms with van der Waals surface area (Å²) in [5.41, 5.74) is 4.09. The standard InChI is InChI=1S/C27H31N5O/c1-31-16-12-20(13-17-31)18-21-10-11-22(33-2)19-25(21)29-26-27(32-14-6-3-7-15-32)30-24-9-5-4-8-23(24)28-26/h3-11,14,19-20H,12-13,15-18H2,1-2H3,(H,28,29). The van der Waals surface area contributed by atoms with Crippen molar-refractivity contribution in [3.05, 3.63) is 72.5 Å². The van der Waals surface area contributed by atoms with E-state index in [1.54, 1.807) is 7.11 Å². The Balaban J connectivity index is 1.51. The minimum absolute atomic E-state index is 0.687. The lowest BCUT2D eigenvalue weighted by Crippen LogP contribution is -2.31. The third kappa shape index (κ3) is 4.86. The number of hydrogen-bond donors (Lipinski definition) is 1. The zero-order valence-corrected chi connectivity index (χ0v) is 19.4. The van der Waals surface area contributed by atoms with Crippen LogP contribution in [0.15, 0.2) is 66.9 Å². The monoisotopic (exact) mass is 441 g/mol. The molecule has 0 atom stereocenters. The molecule has 0 radical (unpaired) electrons. The van der Waals surface area contributed by atoms with E-state index in [1.165, 1.54) is 31.5 Å². The van der Waals surface area contributed by atoms with Crippen LogP contribution in [0.1, 0.15) is 18.4 Å². The molecule has 1 fully saturated rings. The van der Waals surface area contributed by atoms with Crippen molar-refractivity contribution in [1.82, 2.24) is 14.9 Å². The van der Waals surface area contributed by atoms with Gasteiger partial charge in [0.25, 0.3) is 0 Å². The topological polar surface area (TPSA) is 53.5 Å². The number of methoxy groups -OCH3 is 1. The summed E-state index contributed by atoms with van der Waals surface area (Å²) in [4.78, 5) is 14.5. The molecular formula is C27H31N5O. The summed E-state index contributed by atoms with van der Waals surface area (Å²) in [6.45, 7) is 3.09. The molecule has 3 aromatic rings. The molecule has 1 saturated heterocycles. The number of fused-ring (bicyclic) bond motifs is 1. The van der Waals surface area contributed by atoms with Crippen molar-refractivity contribution in [2.75, 3.05) is 44.0 Å². The van der Waals surface area contributed by atoms with Crippen LogP contribution >= 0.6 is 0 Å². The molecular weight excluding hydrogens is 410 g/mol. The quantitative estimate of drug-likeness (QED) is 0.571. The predicted molar refractivity (Wildman–Crippen MR) is 135 cm³/mol. The Bertz CT molecular complexity index is 1180. The fraction of sp³-hybridized carbons (Fsp3) is 0.333. The van der Waals surface area contributed by atoms with E-state index in [0.29, 0.717) is 5.92 Å². The van der Waals surface area contributed by atoms with E-state index in [0.717, 1.165) is 47.1 Å². The molecule has 3 heterocycles. The van der Waals surface area contributed by atoms with E-state index >= 15 is 0 Å². The molecule has 2 aromatic carbocycles. The Kier molecular flexibility index (Phi) is 6.26. The largest absolute Gasteiger partial charge is 0.497 e. The number of para-hydroxylation sites is 2. The maximum absolute atomic E-state index is 5.55. The summed E-state index contributed by atoms with van der Waals surface area (Å²) in [6.07, 6.45) is 11.8. The van der Waals surface area contributed by atoms with Crippen molar-refractivity contribution in [2.45, 2.75) is 19.3 Å². The highest BCUT2D eigenvalue weighted by Gasteiger charge is 2.20. The summed E-state index contributed by atoms with van der Waals surface area (Å²) in [5, 5.41) is 3.64. The van der Waals surface area contributed by atoms with Crippen LogP contribution < -0.4 is 15.0 Å². The first-order valence-corrected chi connectivity index (χ1v) is 11.7. The van der Waals surface area contributed by atoms with Crippen LogP contribution in [0.4, 0.5) is 17.3 Å². The van der Waals surface area contributed by atoms with Crippen molar-refractivity contribution in [3.8, 4) is 5.75 Å². The Morgan fingerprint density at radius 3 is 2.55 bits per heavy atom. The number of anilines is 3. The summed E-state index contributed by atoms with van der Waals surface area (Å²) >= 11 is 0. The second-order valence-electron chi connectivity index (χ2n) is 8.91. The first-order chi connectivity index (χ1) is 16.2. The van der Waals surface area contributed by atoms with Crippen molar-refractivity contribution >= 4 is 28.4 Å².